The topological polar surface area (TPSA) is 3.24 Å². The molecule has 2 heteroatoms. The average molecular weight is 792 g/mol. The molecule has 1 heterocycles. The van der Waals surface area contributed by atoms with Crippen LogP contribution in [0.5, 0.6) is 0 Å². The van der Waals surface area contributed by atoms with Gasteiger partial charge < -0.3 is 4.90 Å². The number of fused-ring (bicyclic) bond motifs is 15. The minimum Gasteiger partial charge on any atom is -0.310 e. The highest BCUT2D eigenvalue weighted by Gasteiger charge is 2.52. The summed E-state index contributed by atoms with van der Waals surface area (Å²) in [6.45, 7) is 0. The monoisotopic (exact) mass is 791 g/mol. The van der Waals surface area contributed by atoms with Gasteiger partial charge in [-0.1, -0.05) is 182 Å². The zero-order chi connectivity index (χ0) is 40.1. The highest BCUT2D eigenvalue weighted by molar-refractivity contribution is 7.26. The molecule has 0 N–H and O–H groups in total. The van der Waals surface area contributed by atoms with Crippen molar-refractivity contribution in [3.8, 4) is 44.5 Å². The first kappa shape index (κ1) is 34.4. The highest BCUT2D eigenvalue weighted by Crippen LogP contribution is 2.64. The summed E-state index contributed by atoms with van der Waals surface area (Å²) < 4.78 is 2.61. The molecule has 0 bridgehead atoms. The van der Waals surface area contributed by atoms with Gasteiger partial charge in [-0.05, 0) is 109 Å². The third-order valence-electron chi connectivity index (χ3n) is 13.3. The van der Waals surface area contributed by atoms with E-state index in [0.29, 0.717) is 0 Å². The summed E-state index contributed by atoms with van der Waals surface area (Å²) in [6.07, 6.45) is 0. The first-order valence-electron chi connectivity index (χ1n) is 21.1. The molecule has 1 nitrogen and oxygen atoms in total. The lowest BCUT2D eigenvalue weighted by Gasteiger charge is -2.32. The summed E-state index contributed by atoms with van der Waals surface area (Å²) in [4.78, 5) is 2.52. The predicted molar refractivity (Wildman–Crippen MR) is 259 cm³/mol. The van der Waals surface area contributed by atoms with Gasteiger partial charge in [0.05, 0.1) is 11.1 Å². The average Bonchev–Trinajstić information content (AvgIpc) is 3.96. The number of nitrogens with zero attached hydrogens (tertiary/aromatic N) is 1. The second-order valence-electron chi connectivity index (χ2n) is 16.3. The van der Waals surface area contributed by atoms with E-state index < -0.39 is 5.41 Å². The Labute approximate surface area is 359 Å². The highest BCUT2D eigenvalue weighted by atomic mass is 32.1. The van der Waals surface area contributed by atoms with Crippen LogP contribution in [0.15, 0.2) is 224 Å². The third-order valence-corrected chi connectivity index (χ3v) is 14.5. The molecule has 0 aliphatic heterocycles. The Bertz CT molecular complexity index is 3500. The smallest absolute Gasteiger partial charge is 0.0726 e. The molecule has 0 fully saturated rings. The van der Waals surface area contributed by atoms with Crippen LogP contribution >= 0.6 is 11.3 Å². The molecule has 0 atom stereocenters. The van der Waals surface area contributed by atoms with Gasteiger partial charge in [-0.25, -0.2) is 0 Å². The van der Waals surface area contributed by atoms with Gasteiger partial charge in [0, 0.05) is 42.5 Å². The van der Waals surface area contributed by atoms with Crippen LogP contribution in [0.25, 0.3) is 75.5 Å². The summed E-state index contributed by atoms with van der Waals surface area (Å²) in [7, 11) is 0. The largest absolute Gasteiger partial charge is 0.310 e. The van der Waals surface area contributed by atoms with E-state index in [1.165, 1.54) is 103 Å². The Morgan fingerprint density at radius 3 is 1.62 bits per heavy atom. The molecule has 0 saturated heterocycles. The molecule has 1 aromatic heterocycles. The van der Waals surface area contributed by atoms with Crippen LogP contribution in [0, 0.1) is 0 Å². The summed E-state index contributed by atoms with van der Waals surface area (Å²) in [5.41, 5.74) is 18.4. The number of rotatable bonds is 5. The number of thiophene rings is 1. The van der Waals surface area contributed by atoms with Gasteiger partial charge in [-0.3, -0.25) is 0 Å². The first-order chi connectivity index (χ1) is 30.3. The van der Waals surface area contributed by atoms with Crippen molar-refractivity contribution in [2.24, 2.45) is 0 Å². The van der Waals surface area contributed by atoms with E-state index in [2.05, 4.69) is 229 Å². The standard InChI is InChI=1S/C59H37NS/c1-3-17-38(18-4-1)40-21-15-22-41(35-40)60(42-33-34-56-49(36-42)50-37-48(39-19-5-2-6-20-39)43-23-7-8-26-46(43)58(50)61-56)55-32-16-31-54-57(55)47-27-11-14-30-53(47)59(54)51-28-12-9-24-44(51)45-25-10-13-29-52(45)59/h1-37H. The van der Waals surface area contributed by atoms with Crippen molar-refractivity contribution >= 4 is 59.3 Å². The maximum absolute atomic E-state index is 2.52. The lowest BCUT2D eigenvalue weighted by molar-refractivity contribution is 0.794. The van der Waals surface area contributed by atoms with Gasteiger partial charge in [-0.15, -0.1) is 11.3 Å². The fourth-order valence-electron chi connectivity index (χ4n) is 10.8. The third kappa shape index (κ3) is 4.88. The second kappa shape index (κ2) is 13.2. The molecule has 284 valence electrons. The molecule has 10 aromatic carbocycles. The van der Waals surface area contributed by atoms with E-state index in [1.807, 2.05) is 11.3 Å². The Kier molecular flexibility index (Phi) is 7.46. The van der Waals surface area contributed by atoms with Crippen LogP contribution in [0.3, 0.4) is 0 Å². The van der Waals surface area contributed by atoms with Gasteiger partial charge in [0.2, 0.25) is 0 Å². The van der Waals surface area contributed by atoms with Crippen LogP contribution in [-0.2, 0) is 5.41 Å². The number of hydrogen-bond donors (Lipinski definition) is 0. The summed E-state index contributed by atoms with van der Waals surface area (Å²) in [6, 6.07) is 83.5. The molecule has 11 aromatic rings. The maximum atomic E-state index is 2.52. The van der Waals surface area contributed by atoms with Crippen molar-refractivity contribution < 1.29 is 0 Å². The predicted octanol–water partition coefficient (Wildman–Crippen LogP) is 16.4. The van der Waals surface area contributed by atoms with Crippen molar-refractivity contribution in [3.05, 3.63) is 247 Å². The molecule has 0 radical (unpaired) electrons. The number of benzene rings is 10. The van der Waals surface area contributed by atoms with Crippen molar-refractivity contribution in [1.29, 1.82) is 0 Å². The normalized spacial score (nSPS) is 13.0. The molecular weight excluding hydrogens is 755 g/mol. The number of hydrogen-bond acceptors (Lipinski definition) is 2. The van der Waals surface area contributed by atoms with Crippen molar-refractivity contribution in [1.82, 2.24) is 0 Å². The molecule has 0 saturated carbocycles. The van der Waals surface area contributed by atoms with E-state index in [9.17, 15) is 0 Å². The summed E-state index contributed by atoms with van der Waals surface area (Å²) in [5.74, 6) is 0. The Morgan fingerprint density at radius 1 is 0.328 bits per heavy atom. The van der Waals surface area contributed by atoms with E-state index >= 15 is 0 Å². The van der Waals surface area contributed by atoms with Gasteiger partial charge in [0.25, 0.3) is 0 Å². The second-order valence-corrected chi connectivity index (χ2v) is 17.4. The van der Waals surface area contributed by atoms with Crippen molar-refractivity contribution in [2.45, 2.75) is 5.41 Å². The molecule has 0 unspecified atom stereocenters. The van der Waals surface area contributed by atoms with E-state index in [1.54, 1.807) is 0 Å². The fourth-order valence-corrected chi connectivity index (χ4v) is 12.0. The quantitative estimate of drug-likeness (QED) is 0.168. The van der Waals surface area contributed by atoms with Crippen LogP contribution < -0.4 is 4.90 Å². The molecule has 2 aliphatic carbocycles. The molecule has 2 aliphatic rings. The van der Waals surface area contributed by atoms with Crippen LogP contribution in [-0.4, -0.2) is 0 Å². The lowest BCUT2D eigenvalue weighted by Crippen LogP contribution is -2.26. The lowest BCUT2D eigenvalue weighted by atomic mass is 9.70. The van der Waals surface area contributed by atoms with Crippen molar-refractivity contribution in [3.63, 3.8) is 0 Å². The zero-order valence-electron chi connectivity index (χ0n) is 33.2. The van der Waals surface area contributed by atoms with Gasteiger partial charge in [0.15, 0.2) is 0 Å². The van der Waals surface area contributed by atoms with E-state index in [4.69, 9.17) is 0 Å². The van der Waals surface area contributed by atoms with Crippen LogP contribution in [0.1, 0.15) is 22.3 Å². The SMILES string of the molecule is c1ccc(-c2cccc(N(c3ccc4sc5c6ccccc6c(-c6ccccc6)cc5c4c3)c3cccc4c3-c3ccccc3C43c4ccccc4-c4ccccc43)c2)cc1. The van der Waals surface area contributed by atoms with Crippen LogP contribution in [0.2, 0.25) is 0 Å². The number of anilines is 3. The Balaban J connectivity index is 1.10. The minimum atomic E-state index is -0.435. The molecular formula is C59H37NS. The summed E-state index contributed by atoms with van der Waals surface area (Å²) in [5, 5.41) is 5.15. The van der Waals surface area contributed by atoms with Gasteiger partial charge in [-0.2, -0.15) is 0 Å². The molecule has 0 amide bonds. The van der Waals surface area contributed by atoms with E-state index in [-0.39, 0.29) is 0 Å². The van der Waals surface area contributed by atoms with Crippen molar-refractivity contribution in [2.75, 3.05) is 4.90 Å². The fraction of sp³-hybridized carbons (Fsp3) is 0.0169. The summed E-state index contributed by atoms with van der Waals surface area (Å²) >= 11 is 1.90. The zero-order valence-corrected chi connectivity index (χ0v) is 34.0. The molecule has 1 spiro atoms. The molecule has 61 heavy (non-hydrogen) atoms. The first-order valence-corrected chi connectivity index (χ1v) is 21.9. The van der Waals surface area contributed by atoms with E-state index in [0.717, 1.165) is 11.4 Å². The van der Waals surface area contributed by atoms with Crippen LogP contribution in [0.4, 0.5) is 17.1 Å². The maximum Gasteiger partial charge on any atom is 0.0726 e. The van der Waals surface area contributed by atoms with Gasteiger partial charge >= 0.3 is 0 Å². The van der Waals surface area contributed by atoms with Gasteiger partial charge in [0.1, 0.15) is 0 Å². The minimum absolute atomic E-state index is 0.435. The Morgan fingerprint density at radius 2 is 0.885 bits per heavy atom. The Hall–Kier alpha value is -7.52. The molecule has 13 rings (SSSR count).